The molecule has 0 bridgehead atoms. The molecule has 2 aromatic carbocycles. The zero-order valence-electron chi connectivity index (χ0n) is 10.7. The quantitative estimate of drug-likeness (QED) is 0.889. The van der Waals surface area contributed by atoms with Crippen LogP contribution in [0.15, 0.2) is 42.5 Å². The highest BCUT2D eigenvalue weighted by Crippen LogP contribution is 2.18. The Kier molecular flexibility index (Phi) is 3.72. The first kappa shape index (κ1) is 12.5. The summed E-state index contributed by atoms with van der Waals surface area (Å²) in [5, 5.41) is 7.56. The zero-order valence-corrected chi connectivity index (χ0v) is 11.5. The highest BCUT2D eigenvalue weighted by Gasteiger charge is 2.09. The van der Waals surface area contributed by atoms with E-state index in [4.69, 9.17) is 11.6 Å². The second-order valence-electron chi connectivity index (χ2n) is 4.89. The molecule has 0 radical (unpaired) electrons. The molecule has 3 rings (SSSR count). The van der Waals surface area contributed by atoms with Gasteiger partial charge in [-0.2, -0.15) is 0 Å². The number of halogens is 1. The zero-order chi connectivity index (χ0) is 13.1. The highest BCUT2D eigenvalue weighted by atomic mass is 35.5. The summed E-state index contributed by atoms with van der Waals surface area (Å²) in [6.07, 6.45) is 1.04. The fourth-order valence-electron chi connectivity index (χ4n) is 2.42. The third-order valence-corrected chi connectivity index (χ3v) is 3.74. The lowest BCUT2D eigenvalue weighted by molar-refractivity contribution is 0.764. The summed E-state index contributed by atoms with van der Waals surface area (Å²) >= 11 is 5.86. The van der Waals surface area contributed by atoms with Crippen LogP contribution in [0.2, 0.25) is 5.02 Å². The molecule has 98 valence electrons. The third-order valence-electron chi connectivity index (χ3n) is 3.49. The number of fused-ring (bicyclic) bond motifs is 1. The van der Waals surface area contributed by atoms with E-state index in [0.29, 0.717) is 0 Å². The van der Waals surface area contributed by atoms with Crippen LogP contribution in [0, 0.1) is 0 Å². The molecular weight excluding hydrogens is 256 g/mol. The Balaban J connectivity index is 1.56. The number of hydrogen-bond acceptors (Lipinski definition) is 2. The first-order valence-corrected chi connectivity index (χ1v) is 7.00. The number of benzene rings is 2. The standard InChI is InChI=1S/C16H17ClN2/c17-15-3-5-16(6-4-15)19-8-7-12-1-2-13-10-18-11-14(13)9-12/h1-6,9,18-19H,7-8,10-11H2. The Labute approximate surface area is 118 Å². The van der Waals surface area contributed by atoms with Gasteiger partial charge in [0.1, 0.15) is 0 Å². The van der Waals surface area contributed by atoms with Gasteiger partial charge < -0.3 is 10.6 Å². The summed E-state index contributed by atoms with van der Waals surface area (Å²) in [7, 11) is 0. The maximum atomic E-state index is 5.86. The lowest BCUT2D eigenvalue weighted by Gasteiger charge is -2.08. The van der Waals surface area contributed by atoms with Gasteiger partial charge in [-0.05, 0) is 47.4 Å². The molecule has 0 atom stereocenters. The first-order chi connectivity index (χ1) is 9.31. The van der Waals surface area contributed by atoms with Crippen LogP contribution in [0.3, 0.4) is 0 Å². The molecule has 0 aliphatic carbocycles. The Morgan fingerprint density at radius 2 is 1.79 bits per heavy atom. The van der Waals surface area contributed by atoms with E-state index in [2.05, 4.69) is 28.8 Å². The summed E-state index contributed by atoms with van der Waals surface area (Å²) in [4.78, 5) is 0. The Morgan fingerprint density at radius 3 is 2.63 bits per heavy atom. The first-order valence-electron chi connectivity index (χ1n) is 6.62. The van der Waals surface area contributed by atoms with Crippen LogP contribution in [0.25, 0.3) is 0 Å². The van der Waals surface area contributed by atoms with Crippen molar-refractivity contribution in [1.82, 2.24) is 5.32 Å². The van der Waals surface area contributed by atoms with Gasteiger partial charge in [0.15, 0.2) is 0 Å². The molecule has 0 saturated carbocycles. The van der Waals surface area contributed by atoms with Gasteiger partial charge >= 0.3 is 0 Å². The molecule has 0 unspecified atom stereocenters. The van der Waals surface area contributed by atoms with Gasteiger partial charge in [0.05, 0.1) is 0 Å². The second kappa shape index (κ2) is 5.64. The number of rotatable bonds is 4. The molecule has 3 heteroatoms. The average Bonchev–Trinajstić information content (AvgIpc) is 2.88. The van der Waals surface area contributed by atoms with Crippen LogP contribution >= 0.6 is 11.6 Å². The van der Waals surface area contributed by atoms with Crippen LogP contribution in [-0.2, 0) is 19.5 Å². The number of nitrogens with one attached hydrogen (secondary N) is 2. The van der Waals surface area contributed by atoms with Crippen LogP contribution in [0.4, 0.5) is 5.69 Å². The lowest BCUT2D eigenvalue weighted by Crippen LogP contribution is -2.05. The molecule has 0 amide bonds. The van der Waals surface area contributed by atoms with Gasteiger partial charge in [0.25, 0.3) is 0 Å². The molecule has 0 fully saturated rings. The van der Waals surface area contributed by atoms with Crippen LogP contribution in [-0.4, -0.2) is 6.54 Å². The summed E-state index contributed by atoms with van der Waals surface area (Å²) in [5.74, 6) is 0. The number of anilines is 1. The van der Waals surface area contributed by atoms with Crippen molar-refractivity contribution in [2.45, 2.75) is 19.5 Å². The van der Waals surface area contributed by atoms with E-state index < -0.39 is 0 Å². The monoisotopic (exact) mass is 272 g/mol. The summed E-state index contributed by atoms with van der Waals surface area (Å²) in [6, 6.07) is 14.6. The van der Waals surface area contributed by atoms with Crippen molar-refractivity contribution in [3.8, 4) is 0 Å². The van der Waals surface area contributed by atoms with Gasteiger partial charge in [0, 0.05) is 30.3 Å². The Bertz CT molecular complexity index is 563. The Morgan fingerprint density at radius 1 is 1.00 bits per heavy atom. The molecule has 2 aromatic rings. The minimum absolute atomic E-state index is 0.775. The molecule has 2 N–H and O–H groups in total. The van der Waals surface area contributed by atoms with Gasteiger partial charge in [0.2, 0.25) is 0 Å². The molecule has 0 aromatic heterocycles. The van der Waals surface area contributed by atoms with Crippen LogP contribution in [0.5, 0.6) is 0 Å². The molecule has 1 aliphatic rings. The molecule has 19 heavy (non-hydrogen) atoms. The maximum absolute atomic E-state index is 5.86. The molecule has 0 saturated heterocycles. The predicted octanol–water partition coefficient (Wildman–Crippen LogP) is 3.60. The van der Waals surface area contributed by atoms with E-state index >= 15 is 0 Å². The van der Waals surface area contributed by atoms with Gasteiger partial charge in [-0.3, -0.25) is 0 Å². The van der Waals surface area contributed by atoms with Gasteiger partial charge in [-0.25, -0.2) is 0 Å². The second-order valence-corrected chi connectivity index (χ2v) is 5.33. The summed E-state index contributed by atoms with van der Waals surface area (Å²) < 4.78 is 0. The predicted molar refractivity (Wildman–Crippen MR) is 80.6 cm³/mol. The normalized spacial score (nSPS) is 13.3. The molecule has 1 aliphatic heterocycles. The van der Waals surface area contributed by atoms with Crippen molar-refractivity contribution in [1.29, 1.82) is 0 Å². The largest absolute Gasteiger partial charge is 0.385 e. The van der Waals surface area contributed by atoms with E-state index in [1.165, 1.54) is 16.7 Å². The van der Waals surface area contributed by atoms with Crippen LogP contribution in [0.1, 0.15) is 16.7 Å². The van der Waals surface area contributed by atoms with Crippen molar-refractivity contribution >= 4 is 17.3 Å². The maximum Gasteiger partial charge on any atom is 0.0407 e. The smallest absolute Gasteiger partial charge is 0.0407 e. The van der Waals surface area contributed by atoms with Gasteiger partial charge in [-0.15, -0.1) is 0 Å². The molecule has 1 heterocycles. The van der Waals surface area contributed by atoms with Gasteiger partial charge in [-0.1, -0.05) is 29.8 Å². The van der Waals surface area contributed by atoms with E-state index in [-0.39, 0.29) is 0 Å². The van der Waals surface area contributed by atoms with Crippen molar-refractivity contribution in [3.05, 3.63) is 64.2 Å². The fraction of sp³-hybridized carbons (Fsp3) is 0.250. The van der Waals surface area contributed by atoms with Crippen molar-refractivity contribution in [2.75, 3.05) is 11.9 Å². The van der Waals surface area contributed by atoms with E-state index in [1.54, 1.807) is 0 Å². The Hall–Kier alpha value is -1.51. The van der Waals surface area contributed by atoms with Crippen molar-refractivity contribution in [2.24, 2.45) is 0 Å². The van der Waals surface area contributed by atoms with E-state index in [9.17, 15) is 0 Å². The van der Waals surface area contributed by atoms with Crippen LogP contribution < -0.4 is 10.6 Å². The van der Waals surface area contributed by atoms with Crippen molar-refractivity contribution in [3.63, 3.8) is 0 Å². The topological polar surface area (TPSA) is 24.1 Å². The van der Waals surface area contributed by atoms with E-state index in [1.807, 2.05) is 24.3 Å². The fourth-order valence-corrected chi connectivity index (χ4v) is 2.55. The third kappa shape index (κ3) is 3.09. The summed E-state index contributed by atoms with van der Waals surface area (Å²) in [6.45, 7) is 2.96. The van der Waals surface area contributed by atoms with Crippen molar-refractivity contribution < 1.29 is 0 Å². The molecule has 0 spiro atoms. The van der Waals surface area contributed by atoms with E-state index in [0.717, 1.165) is 36.8 Å². The number of hydrogen-bond donors (Lipinski definition) is 2. The SMILES string of the molecule is Clc1ccc(NCCc2ccc3c(c2)CNC3)cc1. The minimum Gasteiger partial charge on any atom is -0.385 e. The lowest BCUT2D eigenvalue weighted by atomic mass is 10.0. The molecule has 2 nitrogen and oxygen atoms in total. The molecular formula is C16H17ClN2. The highest BCUT2D eigenvalue weighted by molar-refractivity contribution is 6.30. The average molecular weight is 273 g/mol. The minimum atomic E-state index is 0.775. The summed E-state index contributed by atoms with van der Waals surface area (Å²) in [5.41, 5.74) is 5.40.